The summed E-state index contributed by atoms with van der Waals surface area (Å²) in [5.74, 6) is 0.556. The van der Waals surface area contributed by atoms with Gasteiger partial charge in [-0.3, -0.25) is 4.79 Å². The Bertz CT molecular complexity index is 672. The van der Waals surface area contributed by atoms with E-state index in [1.807, 2.05) is 24.3 Å². The molecule has 4 heteroatoms. The van der Waals surface area contributed by atoms with Gasteiger partial charge < -0.3 is 10.1 Å². The summed E-state index contributed by atoms with van der Waals surface area (Å²) < 4.78 is 19.2. The Morgan fingerprint density at radius 1 is 1.18 bits per heavy atom. The van der Waals surface area contributed by atoms with Crippen LogP contribution in [0.15, 0.2) is 48.5 Å². The lowest BCUT2D eigenvalue weighted by molar-refractivity contribution is -0.122. The van der Waals surface area contributed by atoms with Crippen molar-refractivity contribution in [3.05, 3.63) is 65.5 Å². The first kappa shape index (κ1) is 14.6. The number of amides is 1. The van der Waals surface area contributed by atoms with Gasteiger partial charge in [-0.25, -0.2) is 4.39 Å². The molecule has 0 spiro atoms. The molecule has 2 aromatic rings. The number of carbonyl (C=O) groups is 1. The predicted octanol–water partition coefficient (Wildman–Crippen LogP) is 2.88. The molecular formula is C18H18FNO2. The van der Waals surface area contributed by atoms with Crippen molar-refractivity contribution in [1.29, 1.82) is 0 Å². The van der Waals surface area contributed by atoms with Gasteiger partial charge >= 0.3 is 0 Å². The summed E-state index contributed by atoms with van der Waals surface area (Å²) in [5.41, 5.74) is 1.68. The maximum atomic E-state index is 13.5. The highest BCUT2D eigenvalue weighted by Gasteiger charge is 2.20. The minimum absolute atomic E-state index is 0.0250. The molecule has 1 heterocycles. The summed E-state index contributed by atoms with van der Waals surface area (Å²) in [6.07, 6.45) is 1.45. The summed E-state index contributed by atoms with van der Waals surface area (Å²) in [5, 5.41) is 2.96. The van der Waals surface area contributed by atoms with Crippen LogP contribution in [0.4, 0.5) is 4.39 Å². The monoisotopic (exact) mass is 299 g/mol. The van der Waals surface area contributed by atoms with Crippen LogP contribution in [0.2, 0.25) is 0 Å². The Balaban J connectivity index is 1.52. The third-order valence-corrected chi connectivity index (χ3v) is 3.82. The summed E-state index contributed by atoms with van der Waals surface area (Å²) in [6.45, 7) is 0.475. The van der Waals surface area contributed by atoms with Gasteiger partial charge in [-0.05, 0) is 36.1 Å². The molecule has 1 aliphatic rings. The van der Waals surface area contributed by atoms with Gasteiger partial charge in [-0.15, -0.1) is 0 Å². The Morgan fingerprint density at radius 3 is 2.82 bits per heavy atom. The summed E-state index contributed by atoms with van der Waals surface area (Å²) in [4.78, 5) is 12.0. The first-order valence-corrected chi connectivity index (χ1v) is 7.46. The number of halogens is 1. The minimum atomic E-state index is -0.259. The third-order valence-electron chi connectivity index (χ3n) is 3.82. The minimum Gasteiger partial charge on any atom is -0.491 e. The molecule has 114 valence electrons. The molecule has 0 saturated carbocycles. The lowest BCUT2D eigenvalue weighted by Crippen LogP contribution is -2.42. The van der Waals surface area contributed by atoms with Crippen molar-refractivity contribution in [2.24, 2.45) is 0 Å². The molecule has 1 N–H and O–H groups in total. The van der Waals surface area contributed by atoms with Crippen LogP contribution >= 0.6 is 0 Å². The van der Waals surface area contributed by atoms with Gasteiger partial charge in [0.1, 0.15) is 18.2 Å². The Hall–Kier alpha value is -2.36. The molecule has 0 fully saturated rings. The van der Waals surface area contributed by atoms with E-state index in [-0.39, 0.29) is 24.2 Å². The fraction of sp³-hybridized carbons (Fsp3) is 0.278. The van der Waals surface area contributed by atoms with Crippen molar-refractivity contribution in [2.45, 2.75) is 25.3 Å². The van der Waals surface area contributed by atoms with Crippen LogP contribution in [0.25, 0.3) is 0 Å². The fourth-order valence-corrected chi connectivity index (χ4v) is 2.67. The smallest absolute Gasteiger partial charge is 0.220 e. The highest BCUT2D eigenvalue weighted by atomic mass is 19.1. The van der Waals surface area contributed by atoms with E-state index in [2.05, 4.69) is 5.32 Å². The van der Waals surface area contributed by atoms with Gasteiger partial charge in [0.05, 0.1) is 6.04 Å². The van der Waals surface area contributed by atoms with Crippen LogP contribution in [-0.2, 0) is 17.6 Å². The second kappa shape index (κ2) is 6.60. The van der Waals surface area contributed by atoms with E-state index < -0.39 is 0 Å². The Kier molecular flexibility index (Phi) is 4.37. The van der Waals surface area contributed by atoms with Crippen molar-refractivity contribution in [2.75, 3.05) is 6.61 Å². The van der Waals surface area contributed by atoms with Crippen LogP contribution in [0.5, 0.6) is 5.75 Å². The molecule has 0 radical (unpaired) electrons. The van der Waals surface area contributed by atoms with E-state index in [0.29, 0.717) is 18.6 Å². The standard InChI is InChI=1S/C18H18FNO2/c19-16-7-3-1-5-13(16)9-10-18(21)20-15-11-14-6-2-4-8-17(14)22-12-15/h1-8,15H,9-12H2,(H,20,21). The number of hydrogen-bond donors (Lipinski definition) is 1. The van der Waals surface area contributed by atoms with Crippen LogP contribution < -0.4 is 10.1 Å². The van der Waals surface area contributed by atoms with Gasteiger partial charge in [0.2, 0.25) is 5.91 Å². The lowest BCUT2D eigenvalue weighted by atomic mass is 10.0. The largest absolute Gasteiger partial charge is 0.491 e. The first-order valence-electron chi connectivity index (χ1n) is 7.46. The normalized spacial score (nSPS) is 16.5. The fourth-order valence-electron chi connectivity index (χ4n) is 2.67. The Labute approximate surface area is 129 Å². The first-order chi connectivity index (χ1) is 10.7. The molecule has 3 rings (SSSR count). The van der Waals surface area contributed by atoms with E-state index in [0.717, 1.165) is 17.7 Å². The summed E-state index contributed by atoms with van der Waals surface area (Å²) in [7, 11) is 0. The third kappa shape index (κ3) is 3.45. The van der Waals surface area contributed by atoms with Crippen molar-refractivity contribution in [3.8, 4) is 5.75 Å². The number of ether oxygens (including phenoxy) is 1. The number of benzene rings is 2. The molecule has 1 atom stereocenters. The number of rotatable bonds is 4. The highest BCUT2D eigenvalue weighted by Crippen LogP contribution is 2.23. The molecular weight excluding hydrogens is 281 g/mol. The van der Waals surface area contributed by atoms with E-state index in [9.17, 15) is 9.18 Å². The van der Waals surface area contributed by atoms with Crippen LogP contribution in [0.3, 0.4) is 0 Å². The Morgan fingerprint density at radius 2 is 1.95 bits per heavy atom. The van der Waals surface area contributed by atoms with E-state index >= 15 is 0 Å². The van der Waals surface area contributed by atoms with E-state index in [1.54, 1.807) is 18.2 Å². The molecule has 1 aliphatic heterocycles. The molecule has 0 saturated heterocycles. The number of carbonyl (C=O) groups excluding carboxylic acids is 1. The van der Waals surface area contributed by atoms with Gasteiger partial charge in [0, 0.05) is 6.42 Å². The van der Waals surface area contributed by atoms with E-state index in [1.165, 1.54) is 6.07 Å². The predicted molar refractivity (Wildman–Crippen MR) is 82.3 cm³/mol. The zero-order valence-corrected chi connectivity index (χ0v) is 12.2. The van der Waals surface area contributed by atoms with Crippen molar-refractivity contribution >= 4 is 5.91 Å². The second-order valence-electron chi connectivity index (χ2n) is 5.48. The number of nitrogens with one attached hydrogen (secondary N) is 1. The van der Waals surface area contributed by atoms with Gasteiger partial charge in [0.25, 0.3) is 0 Å². The van der Waals surface area contributed by atoms with Crippen molar-refractivity contribution in [1.82, 2.24) is 5.32 Å². The molecule has 0 bridgehead atoms. The second-order valence-corrected chi connectivity index (χ2v) is 5.48. The summed E-state index contributed by atoms with van der Waals surface area (Å²) in [6, 6.07) is 14.4. The highest BCUT2D eigenvalue weighted by molar-refractivity contribution is 5.76. The topological polar surface area (TPSA) is 38.3 Å². The number of hydrogen-bond acceptors (Lipinski definition) is 2. The molecule has 1 unspecified atom stereocenters. The van der Waals surface area contributed by atoms with Crippen LogP contribution in [0.1, 0.15) is 17.5 Å². The lowest BCUT2D eigenvalue weighted by Gasteiger charge is -2.26. The van der Waals surface area contributed by atoms with Gasteiger partial charge in [-0.2, -0.15) is 0 Å². The van der Waals surface area contributed by atoms with Crippen molar-refractivity contribution < 1.29 is 13.9 Å². The molecule has 22 heavy (non-hydrogen) atoms. The molecule has 1 amide bonds. The van der Waals surface area contributed by atoms with Gasteiger partial charge in [0.15, 0.2) is 0 Å². The van der Waals surface area contributed by atoms with Gasteiger partial charge in [-0.1, -0.05) is 36.4 Å². The number of fused-ring (bicyclic) bond motifs is 1. The number of para-hydroxylation sites is 1. The molecule has 0 aliphatic carbocycles. The van der Waals surface area contributed by atoms with Crippen LogP contribution in [0, 0.1) is 5.82 Å². The summed E-state index contributed by atoms with van der Waals surface area (Å²) >= 11 is 0. The quantitative estimate of drug-likeness (QED) is 0.942. The maximum Gasteiger partial charge on any atom is 0.220 e. The molecule has 3 nitrogen and oxygen atoms in total. The number of aryl methyl sites for hydroxylation is 1. The molecule has 0 aromatic heterocycles. The molecule has 2 aromatic carbocycles. The zero-order valence-electron chi connectivity index (χ0n) is 12.2. The average Bonchev–Trinajstić information content (AvgIpc) is 2.54. The van der Waals surface area contributed by atoms with Crippen molar-refractivity contribution in [3.63, 3.8) is 0 Å². The SMILES string of the molecule is O=C(CCc1ccccc1F)NC1COc2ccccc2C1. The van der Waals surface area contributed by atoms with E-state index in [4.69, 9.17) is 4.74 Å². The average molecular weight is 299 g/mol. The zero-order chi connectivity index (χ0) is 15.4. The maximum absolute atomic E-state index is 13.5. The van der Waals surface area contributed by atoms with Crippen LogP contribution in [-0.4, -0.2) is 18.6 Å².